The Labute approximate surface area is 178 Å². The van der Waals surface area contributed by atoms with E-state index in [4.69, 9.17) is 28.2 Å². The zero-order valence-electron chi connectivity index (χ0n) is 15.7. The number of rotatable bonds is 5. The lowest BCUT2D eigenvalue weighted by atomic mass is 10.2. The number of anilines is 1. The maximum absolute atomic E-state index is 14.0. The Morgan fingerprint density at radius 3 is 2.69 bits per heavy atom. The van der Waals surface area contributed by atoms with Crippen LogP contribution in [0.3, 0.4) is 0 Å². The lowest BCUT2D eigenvalue weighted by molar-refractivity contribution is 0.166. The molecule has 2 aromatic heterocycles. The second kappa shape index (κ2) is 8.94. The van der Waals surface area contributed by atoms with Crippen molar-refractivity contribution in [1.29, 1.82) is 0 Å². The molecule has 1 aliphatic rings. The molecule has 0 radical (unpaired) electrons. The van der Waals surface area contributed by atoms with Crippen molar-refractivity contribution in [2.75, 3.05) is 31.5 Å². The van der Waals surface area contributed by atoms with Gasteiger partial charge in [0.25, 0.3) is 0 Å². The van der Waals surface area contributed by atoms with Gasteiger partial charge < -0.3 is 14.6 Å². The van der Waals surface area contributed by atoms with Crippen molar-refractivity contribution in [3.63, 3.8) is 0 Å². The highest BCUT2D eigenvalue weighted by Crippen LogP contribution is 2.20. The smallest absolute Gasteiger partial charge is 0.174 e. The van der Waals surface area contributed by atoms with Gasteiger partial charge in [0.15, 0.2) is 10.9 Å². The van der Waals surface area contributed by atoms with Crippen LogP contribution in [0.25, 0.3) is 0 Å². The first-order chi connectivity index (χ1) is 14.1. The molecule has 29 heavy (non-hydrogen) atoms. The Morgan fingerprint density at radius 1 is 1.14 bits per heavy atom. The van der Waals surface area contributed by atoms with Crippen LogP contribution in [0.4, 0.5) is 10.2 Å². The third kappa shape index (κ3) is 4.95. The molecule has 1 saturated heterocycles. The molecule has 1 N–H and O–H groups in total. The lowest BCUT2D eigenvalue weighted by Gasteiger charge is -2.35. The average Bonchev–Trinajstić information content (AvgIpc) is 3.37. The maximum atomic E-state index is 14.0. The van der Waals surface area contributed by atoms with Gasteiger partial charge in [-0.1, -0.05) is 17.7 Å². The van der Waals surface area contributed by atoms with Crippen LogP contribution in [0, 0.1) is 5.82 Å². The van der Waals surface area contributed by atoms with Crippen LogP contribution in [-0.2, 0) is 13.1 Å². The van der Waals surface area contributed by atoms with Gasteiger partial charge in [-0.2, -0.15) is 5.10 Å². The molecular weight excluding hydrogens is 413 g/mol. The Hall–Kier alpha value is -2.42. The minimum atomic E-state index is -0.342. The molecule has 3 heterocycles. The highest BCUT2D eigenvalue weighted by Gasteiger charge is 2.20. The summed E-state index contributed by atoms with van der Waals surface area (Å²) in [5.41, 5.74) is 0.416. The van der Waals surface area contributed by atoms with Crippen molar-refractivity contribution in [2.45, 2.75) is 13.1 Å². The highest BCUT2D eigenvalue weighted by molar-refractivity contribution is 7.80. The molecule has 0 bridgehead atoms. The molecule has 0 aliphatic carbocycles. The number of hydrogen-bond acceptors (Lipinski definition) is 4. The molecule has 6 nitrogen and oxygen atoms in total. The van der Waals surface area contributed by atoms with Gasteiger partial charge in [0.05, 0.1) is 19.4 Å². The zero-order chi connectivity index (χ0) is 20.2. The number of piperazine rings is 1. The van der Waals surface area contributed by atoms with Crippen molar-refractivity contribution in [3.8, 4) is 0 Å². The zero-order valence-corrected chi connectivity index (χ0v) is 17.3. The largest absolute Gasteiger partial charge is 0.468 e. The van der Waals surface area contributed by atoms with Gasteiger partial charge >= 0.3 is 0 Å². The van der Waals surface area contributed by atoms with Crippen LogP contribution >= 0.6 is 23.8 Å². The number of benzene rings is 1. The standard InChI is InChI=1S/C20H21ClFN5OS/c21-17-4-1-5-18(22)16(17)14-27-7-6-19(24-27)23-20(29)26-10-8-25(9-11-26)13-15-3-2-12-28-15/h1-7,12H,8-11,13-14H2,(H,23,24,29). The van der Waals surface area contributed by atoms with E-state index in [0.717, 1.165) is 38.5 Å². The van der Waals surface area contributed by atoms with E-state index in [1.54, 1.807) is 29.3 Å². The quantitative estimate of drug-likeness (QED) is 0.617. The summed E-state index contributed by atoms with van der Waals surface area (Å²) in [5.74, 6) is 1.26. The SMILES string of the molecule is Fc1cccc(Cl)c1Cn1ccc(NC(=S)N2CCN(Cc3ccco3)CC2)n1. The first kappa shape index (κ1) is 19.9. The lowest BCUT2D eigenvalue weighted by Crippen LogP contribution is -2.49. The summed E-state index contributed by atoms with van der Waals surface area (Å²) in [6, 6.07) is 10.4. The summed E-state index contributed by atoms with van der Waals surface area (Å²) in [7, 11) is 0. The summed E-state index contributed by atoms with van der Waals surface area (Å²) >= 11 is 11.6. The predicted octanol–water partition coefficient (Wildman–Crippen LogP) is 3.83. The molecular formula is C20H21ClFN5OS. The second-order valence-corrected chi connectivity index (χ2v) is 7.67. The Kier molecular flexibility index (Phi) is 6.13. The monoisotopic (exact) mass is 433 g/mol. The van der Waals surface area contributed by atoms with E-state index in [0.29, 0.717) is 21.5 Å². The normalized spacial score (nSPS) is 14.9. The molecule has 4 rings (SSSR count). The van der Waals surface area contributed by atoms with Crippen molar-refractivity contribution in [1.82, 2.24) is 19.6 Å². The minimum absolute atomic E-state index is 0.255. The predicted molar refractivity (Wildman–Crippen MR) is 115 cm³/mol. The molecule has 152 valence electrons. The van der Waals surface area contributed by atoms with Gasteiger partial charge in [-0.15, -0.1) is 0 Å². The molecule has 1 fully saturated rings. The molecule has 9 heteroatoms. The molecule has 0 amide bonds. The fourth-order valence-electron chi connectivity index (χ4n) is 3.28. The number of furan rings is 1. The Bertz CT molecular complexity index is 949. The van der Waals surface area contributed by atoms with Crippen molar-refractivity contribution in [3.05, 3.63) is 71.0 Å². The van der Waals surface area contributed by atoms with E-state index < -0.39 is 0 Å². The first-order valence-electron chi connectivity index (χ1n) is 9.35. The van der Waals surface area contributed by atoms with Crippen LogP contribution < -0.4 is 5.32 Å². The molecule has 0 unspecified atom stereocenters. The van der Waals surface area contributed by atoms with Crippen molar-refractivity contribution < 1.29 is 8.81 Å². The van der Waals surface area contributed by atoms with Crippen LogP contribution in [0.15, 0.2) is 53.3 Å². The number of aromatic nitrogens is 2. The van der Waals surface area contributed by atoms with Crippen LogP contribution in [0.2, 0.25) is 5.02 Å². The summed E-state index contributed by atoms with van der Waals surface area (Å²) < 4.78 is 21.0. The summed E-state index contributed by atoms with van der Waals surface area (Å²) in [6.45, 7) is 4.54. The van der Waals surface area contributed by atoms with Crippen molar-refractivity contribution >= 4 is 34.7 Å². The van der Waals surface area contributed by atoms with E-state index in [-0.39, 0.29) is 12.4 Å². The molecule has 1 aromatic carbocycles. The number of nitrogens with zero attached hydrogens (tertiary/aromatic N) is 4. The number of nitrogens with one attached hydrogen (secondary N) is 1. The van der Waals surface area contributed by atoms with E-state index in [9.17, 15) is 4.39 Å². The average molecular weight is 434 g/mol. The van der Waals surface area contributed by atoms with E-state index in [1.165, 1.54) is 6.07 Å². The molecule has 0 saturated carbocycles. The third-order valence-electron chi connectivity index (χ3n) is 4.88. The molecule has 3 aromatic rings. The van der Waals surface area contributed by atoms with Gasteiger partial charge in [0, 0.05) is 49.0 Å². The van der Waals surface area contributed by atoms with Gasteiger partial charge in [-0.05, 0) is 36.5 Å². The van der Waals surface area contributed by atoms with E-state index in [1.807, 2.05) is 18.2 Å². The first-order valence-corrected chi connectivity index (χ1v) is 10.1. The van der Waals surface area contributed by atoms with Crippen molar-refractivity contribution in [2.24, 2.45) is 0 Å². The topological polar surface area (TPSA) is 49.5 Å². The summed E-state index contributed by atoms with van der Waals surface area (Å²) in [5, 5.41) is 8.62. The summed E-state index contributed by atoms with van der Waals surface area (Å²) in [6.07, 6.45) is 3.47. The maximum Gasteiger partial charge on any atom is 0.174 e. The van der Waals surface area contributed by atoms with E-state index >= 15 is 0 Å². The Morgan fingerprint density at radius 2 is 1.97 bits per heavy atom. The van der Waals surface area contributed by atoms with Crippen LogP contribution in [0.1, 0.15) is 11.3 Å². The molecule has 1 aliphatic heterocycles. The fraction of sp³-hybridized carbons (Fsp3) is 0.300. The Balaban J connectivity index is 1.29. The number of hydrogen-bond donors (Lipinski definition) is 1. The third-order valence-corrected chi connectivity index (χ3v) is 5.59. The second-order valence-electron chi connectivity index (χ2n) is 6.87. The van der Waals surface area contributed by atoms with Crippen LogP contribution in [-0.4, -0.2) is 50.9 Å². The van der Waals surface area contributed by atoms with Gasteiger partial charge in [0.1, 0.15) is 11.6 Å². The fourth-order valence-corrected chi connectivity index (χ4v) is 3.79. The minimum Gasteiger partial charge on any atom is -0.468 e. The van der Waals surface area contributed by atoms with Crippen LogP contribution in [0.5, 0.6) is 0 Å². The van der Waals surface area contributed by atoms with E-state index in [2.05, 4.69) is 20.2 Å². The number of thiocarbonyl (C=S) groups is 1. The number of halogens is 2. The van der Waals surface area contributed by atoms with Gasteiger partial charge in [0.2, 0.25) is 0 Å². The summed E-state index contributed by atoms with van der Waals surface area (Å²) in [4.78, 5) is 4.46. The molecule has 0 atom stereocenters. The van der Waals surface area contributed by atoms with Gasteiger partial charge in [-0.25, -0.2) is 4.39 Å². The van der Waals surface area contributed by atoms with Gasteiger partial charge in [-0.3, -0.25) is 9.58 Å². The molecule has 0 spiro atoms. The highest BCUT2D eigenvalue weighted by atomic mass is 35.5.